The molecule has 2 unspecified atom stereocenters. The van der Waals surface area contributed by atoms with Crippen LogP contribution < -0.4 is 5.32 Å². The molecule has 1 heterocycles. The number of rotatable bonds is 2. The van der Waals surface area contributed by atoms with Gasteiger partial charge in [0, 0.05) is 11.7 Å². The minimum atomic E-state index is 0.564. The highest BCUT2D eigenvalue weighted by Gasteiger charge is 2.23. The number of hydrogen-bond donors (Lipinski definition) is 1. The molecule has 2 aromatic rings. The zero-order chi connectivity index (χ0) is 12.4. The molecule has 92 valence electrons. The average molecular weight is 237 g/mol. The molecule has 0 amide bonds. The molecule has 1 N–H and O–H groups in total. The molecule has 1 aliphatic rings. The molecule has 2 aromatic carbocycles. The number of para-hydroxylation sites is 1. The highest BCUT2D eigenvalue weighted by molar-refractivity contribution is 5.55. The fourth-order valence-electron chi connectivity index (χ4n) is 2.95. The Bertz CT molecular complexity index is 518. The molecule has 0 spiro atoms. The summed E-state index contributed by atoms with van der Waals surface area (Å²) in [7, 11) is 0. The predicted octanol–water partition coefficient (Wildman–Crippen LogP) is 4.22. The van der Waals surface area contributed by atoms with Crippen LogP contribution in [0.15, 0.2) is 54.6 Å². The van der Waals surface area contributed by atoms with Gasteiger partial charge in [0.15, 0.2) is 0 Å². The van der Waals surface area contributed by atoms with E-state index in [0.717, 1.165) is 6.42 Å². The predicted molar refractivity (Wildman–Crippen MR) is 77.0 cm³/mol. The van der Waals surface area contributed by atoms with E-state index in [4.69, 9.17) is 0 Å². The first kappa shape index (κ1) is 11.3. The van der Waals surface area contributed by atoms with Gasteiger partial charge in [-0.25, -0.2) is 0 Å². The second-order valence-corrected chi connectivity index (χ2v) is 5.25. The first-order valence-corrected chi connectivity index (χ1v) is 6.72. The Hall–Kier alpha value is -1.76. The summed E-state index contributed by atoms with van der Waals surface area (Å²) in [6.45, 7) is 2.27. The number of fused-ring (bicyclic) bond motifs is 1. The minimum Gasteiger partial charge on any atom is -0.382 e. The van der Waals surface area contributed by atoms with Gasteiger partial charge in [-0.2, -0.15) is 0 Å². The lowest BCUT2D eigenvalue weighted by Crippen LogP contribution is -2.26. The Balaban J connectivity index is 1.89. The third-order valence-electron chi connectivity index (χ3n) is 3.77. The van der Waals surface area contributed by atoms with Crippen LogP contribution in [0, 0.1) is 0 Å². The Morgan fingerprint density at radius 1 is 1.00 bits per heavy atom. The molecule has 0 aromatic heterocycles. The van der Waals surface area contributed by atoms with E-state index < -0.39 is 0 Å². The SMILES string of the molecule is CC1CC(Cc2ccccc2)c2ccccc2N1. The zero-order valence-electron chi connectivity index (χ0n) is 10.8. The van der Waals surface area contributed by atoms with E-state index in [1.807, 2.05) is 0 Å². The van der Waals surface area contributed by atoms with Crippen molar-refractivity contribution in [2.75, 3.05) is 5.32 Å². The molecule has 1 nitrogen and oxygen atoms in total. The summed E-state index contributed by atoms with van der Waals surface area (Å²) in [5, 5.41) is 3.58. The third-order valence-corrected chi connectivity index (χ3v) is 3.77. The molecule has 0 radical (unpaired) electrons. The zero-order valence-corrected chi connectivity index (χ0v) is 10.8. The maximum Gasteiger partial charge on any atom is 0.0377 e. The fourth-order valence-corrected chi connectivity index (χ4v) is 2.95. The number of benzene rings is 2. The molecule has 18 heavy (non-hydrogen) atoms. The second kappa shape index (κ2) is 4.85. The molecule has 3 rings (SSSR count). The first-order chi connectivity index (χ1) is 8.83. The normalized spacial score (nSPS) is 22.1. The summed E-state index contributed by atoms with van der Waals surface area (Å²) in [6.07, 6.45) is 2.36. The second-order valence-electron chi connectivity index (χ2n) is 5.25. The smallest absolute Gasteiger partial charge is 0.0377 e. The highest BCUT2D eigenvalue weighted by Crippen LogP contribution is 2.36. The summed E-state index contributed by atoms with van der Waals surface area (Å²) in [5.41, 5.74) is 4.23. The lowest BCUT2D eigenvalue weighted by molar-refractivity contribution is 0.551. The maximum absolute atomic E-state index is 3.58. The highest BCUT2D eigenvalue weighted by atomic mass is 14.9. The van der Waals surface area contributed by atoms with Gasteiger partial charge < -0.3 is 5.32 Å². The van der Waals surface area contributed by atoms with Gasteiger partial charge in [-0.3, -0.25) is 0 Å². The van der Waals surface area contributed by atoms with Crippen molar-refractivity contribution in [3.8, 4) is 0 Å². The van der Waals surface area contributed by atoms with Crippen LogP contribution in [0.4, 0.5) is 5.69 Å². The first-order valence-electron chi connectivity index (χ1n) is 6.72. The lowest BCUT2D eigenvalue weighted by Gasteiger charge is -2.31. The molecule has 2 atom stereocenters. The molecule has 1 heteroatoms. The Labute approximate surface area is 109 Å². The van der Waals surface area contributed by atoms with Crippen molar-refractivity contribution in [3.63, 3.8) is 0 Å². The van der Waals surface area contributed by atoms with E-state index in [1.165, 1.54) is 23.2 Å². The van der Waals surface area contributed by atoms with E-state index in [9.17, 15) is 0 Å². The molecular formula is C17H19N. The standard InChI is InChI=1S/C17H19N/c1-13-11-15(12-14-7-3-2-4-8-14)16-9-5-6-10-17(16)18-13/h2-10,13,15,18H,11-12H2,1H3. The van der Waals surface area contributed by atoms with Crippen molar-refractivity contribution in [1.82, 2.24) is 0 Å². The van der Waals surface area contributed by atoms with E-state index in [1.54, 1.807) is 0 Å². The average Bonchev–Trinajstić information content (AvgIpc) is 2.40. The van der Waals surface area contributed by atoms with Crippen molar-refractivity contribution in [2.45, 2.75) is 31.7 Å². The maximum atomic E-state index is 3.58. The van der Waals surface area contributed by atoms with Crippen LogP contribution >= 0.6 is 0 Å². The Morgan fingerprint density at radius 3 is 2.56 bits per heavy atom. The topological polar surface area (TPSA) is 12.0 Å². The Morgan fingerprint density at radius 2 is 1.72 bits per heavy atom. The summed E-state index contributed by atoms with van der Waals surface area (Å²) >= 11 is 0. The van der Waals surface area contributed by atoms with E-state index >= 15 is 0 Å². The molecule has 0 aliphatic carbocycles. The summed E-state index contributed by atoms with van der Waals surface area (Å²) in [4.78, 5) is 0. The van der Waals surface area contributed by atoms with E-state index in [-0.39, 0.29) is 0 Å². The van der Waals surface area contributed by atoms with Gasteiger partial charge in [-0.1, -0.05) is 48.5 Å². The van der Waals surface area contributed by atoms with Crippen LogP contribution in [0.1, 0.15) is 30.4 Å². The summed E-state index contributed by atoms with van der Waals surface area (Å²) in [5.74, 6) is 0.639. The number of hydrogen-bond acceptors (Lipinski definition) is 1. The number of nitrogens with one attached hydrogen (secondary N) is 1. The van der Waals surface area contributed by atoms with Crippen LogP contribution in [-0.2, 0) is 6.42 Å². The molecule has 0 saturated carbocycles. The van der Waals surface area contributed by atoms with Gasteiger partial charge in [-0.05, 0) is 42.9 Å². The van der Waals surface area contributed by atoms with Crippen LogP contribution in [0.3, 0.4) is 0 Å². The monoisotopic (exact) mass is 237 g/mol. The molecule has 1 aliphatic heterocycles. The van der Waals surface area contributed by atoms with Gasteiger partial charge in [0.05, 0.1) is 0 Å². The third kappa shape index (κ3) is 2.26. The molecular weight excluding hydrogens is 218 g/mol. The number of anilines is 1. The summed E-state index contributed by atoms with van der Waals surface area (Å²) < 4.78 is 0. The van der Waals surface area contributed by atoms with Crippen LogP contribution in [0.5, 0.6) is 0 Å². The van der Waals surface area contributed by atoms with Crippen molar-refractivity contribution in [2.24, 2.45) is 0 Å². The van der Waals surface area contributed by atoms with Gasteiger partial charge in [0.2, 0.25) is 0 Å². The van der Waals surface area contributed by atoms with Crippen LogP contribution in [0.25, 0.3) is 0 Å². The lowest BCUT2D eigenvalue weighted by atomic mass is 9.83. The van der Waals surface area contributed by atoms with Gasteiger partial charge in [0.1, 0.15) is 0 Å². The van der Waals surface area contributed by atoms with Crippen molar-refractivity contribution in [1.29, 1.82) is 0 Å². The van der Waals surface area contributed by atoms with E-state index in [2.05, 4.69) is 66.8 Å². The van der Waals surface area contributed by atoms with Gasteiger partial charge >= 0.3 is 0 Å². The molecule has 0 bridgehead atoms. The summed E-state index contributed by atoms with van der Waals surface area (Å²) in [6, 6.07) is 20.1. The quantitative estimate of drug-likeness (QED) is 0.824. The van der Waals surface area contributed by atoms with Crippen molar-refractivity contribution in [3.05, 3.63) is 65.7 Å². The fraction of sp³-hybridized carbons (Fsp3) is 0.294. The molecule has 0 saturated heterocycles. The van der Waals surface area contributed by atoms with Crippen LogP contribution in [-0.4, -0.2) is 6.04 Å². The van der Waals surface area contributed by atoms with Gasteiger partial charge in [-0.15, -0.1) is 0 Å². The Kier molecular flexibility index (Phi) is 3.06. The van der Waals surface area contributed by atoms with Crippen LogP contribution in [0.2, 0.25) is 0 Å². The molecule has 0 fully saturated rings. The van der Waals surface area contributed by atoms with Crippen molar-refractivity contribution < 1.29 is 0 Å². The largest absolute Gasteiger partial charge is 0.382 e. The minimum absolute atomic E-state index is 0.564. The van der Waals surface area contributed by atoms with Crippen molar-refractivity contribution >= 4 is 5.69 Å². The van der Waals surface area contributed by atoms with Gasteiger partial charge in [0.25, 0.3) is 0 Å². The van der Waals surface area contributed by atoms with E-state index in [0.29, 0.717) is 12.0 Å².